The first-order chi connectivity index (χ1) is 15.6. The highest BCUT2D eigenvalue weighted by molar-refractivity contribution is 5.96. The molecule has 0 aliphatic rings. The van der Waals surface area contributed by atoms with Crippen LogP contribution in [-0.2, 0) is 11.2 Å². The van der Waals surface area contributed by atoms with Crippen molar-refractivity contribution in [2.45, 2.75) is 26.4 Å². The molecule has 8 nitrogen and oxygen atoms in total. The van der Waals surface area contributed by atoms with E-state index in [1.165, 1.54) is 6.20 Å². The first-order valence-corrected chi connectivity index (χ1v) is 10.3. The molecule has 4 rings (SSSR count). The summed E-state index contributed by atoms with van der Waals surface area (Å²) in [6.07, 6.45) is 2.88. The number of fused-ring (bicyclic) bond motifs is 1. The Hall–Kier alpha value is -4.20. The van der Waals surface area contributed by atoms with Gasteiger partial charge in [-0.25, -0.2) is 9.67 Å². The quantitative estimate of drug-likeness (QED) is 0.459. The zero-order chi connectivity index (χ0) is 22.5. The number of carbonyl (C=O) groups excluding carboxylic acids is 2. The van der Waals surface area contributed by atoms with Gasteiger partial charge in [-0.1, -0.05) is 43.3 Å². The molecule has 2 amide bonds. The smallest absolute Gasteiger partial charge is 0.279 e. The summed E-state index contributed by atoms with van der Waals surface area (Å²) in [5.74, 6) is 0.254. The summed E-state index contributed by atoms with van der Waals surface area (Å²) in [5.41, 5.74) is 5.92. The normalized spacial score (nSPS) is 11.7. The van der Waals surface area contributed by atoms with Crippen LogP contribution in [0.15, 0.2) is 73.1 Å². The van der Waals surface area contributed by atoms with Crippen molar-refractivity contribution in [3.63, 3.8) is 0 Å². The third-order valence-electron chi connectivity index (χ3n) is 5.02. The second kappa shape index (κ2) is 9.30. The summed E-state index contributed by atoms with van der Waals surface area (Å²) >= 11 is 0. The van der Waals surface area contributed by atoms with E-state index in [1.54, 1.807) is 23.9 Å². The summed E-state index contributed by atoms with van der Waals surface area (Å²) in [6, 6.07) is 19.0. The third kappa shape index (κ3) is 4.44. The standard InChI is InChI=1S/C24H23N5O3/c1-3-21-20(15-26-29(21)22-10-6-7-13-25-22)24(31)28-27-23(30)16(2)32-19-12-11-17-8-4-5-9-18(17)14-19/h4-16H,3H2,1-2H3,(H,27,30)(H,28,31). The summed E-state index contributed by atoms with van der Waals surface area (Å²) in [4.78, 5) is 29.4. The van der Waals surface area contributed by atoms with Crippen LogP contribution in [0, 0.1) is 0 Å². The summed E-state index contributed by atoms with van der Waals surface area (Å²) in [6.45, 7) is 3.54. The number of ether oxygens (including phenoxy) is 1. The molecule has 0 saturated carbocycles. The highest BCUT2D eigenvalue weighted by Crippen LogP contribution is 2.21. The second-order valence-electron chi connectivity index (χ2n) is 7.17. The van der Waals surface area contributed by atoms with E-state index in [2.05, 4.69) is 20.9 Å². The van der Waals surface area contributed by atoms with Crippen molar-refractivity contribution in [1.82, 2.24) is 25.6 Å². The van der Waals surface area contributed by atoms with Gasteiger partial charge in [-0.3, -0.25) is 20.4 Å². The average Bonchev–Trinajstić information content (AvgIpc) is 3.27. The van der Waals surface area contributed by atoms with E-state index in [0.29, 0.717) is 29.2 Å². The van der Waals surface area contributed by atoms with Gasteiger partial charge in [0, 0.05) is 6.20 Å². The van der Waals surface area contributed by atoms with Gasteiger partial charge in [-0.05, 0) is 48.4 Å². The Kier molecular flexibility index (Phi) is 6.12. The number of nitrogens with zero attached hydrogens (tertiary/aromatic N) is 3. The largest absolute Gasteiger partial charge is 0.481 e. The first kappa shape index (κ1) is 21.0. The van der Waals surface area contributed by atoms with Crippen molar-refractivity contribution >= 4 is 22.6 Å². The van der Waals surface area contributed by atoms with Crippen LogP contribution in [0.1, 0.15) is 29.9 Å². The zero-order valence-electron chi connectivity index (χ0n) is 17.8. The van der Waals surface area contributed by atoms with Crippen LogP contribution in [-0.4, -0.2) is 32.7 Å². The Morgan fingerprint density at radius 1 is 1.03 bits per heavy atom. The number of hydrogen-bond acceptors (Lipinski definition) is 5. The number of hydrazine groups is 1. The third-order valence-corrected chi connectivity index (χ3v) is 5.02. The number of benzene rings is 2. The lowest BCUT2D eigenvalue weighted by atomic mass is 10.1. The van der Waals surface area contributed by atoms with E-state index in [9.17, 15) is 9.59 Å². The van der Waals surface area contributed by atoms with Gasteiger partial charge < -0.3 is 4.74 Å². The van der Waals surface area contributed by atoms with Crippen LogP contribution in [0.2, 0.25) is 0 Å². The van der Waals surface area contributed by atoms with Crippen LogP contribution in [0.3, 0.4) is 0 Å². The molecule has 0 fully saturated rings. The molecule has 162 valence electrons. The van der Waals surface area contributed by atoms with Gasteiger partial charge in [-0.2, -0.15) is 5.10 Å². The summed E-state index contributed by atoms with van der Waals surface area (Å²) in [7, 11) is 0. The van der Waals surface area contributed by atoms with Crippen molar-refractivity contribution < 1.29 is 14.3 Å². The summed E-state index contributed by atoms with van der Waals surface area (Å²) in [5, 5.41) is 6.38. The van der Waals surface area contributed by atoms with E-state index >= 15 is 0 Å². The monoisotopic (exact) mass is 429 g/mol. The van der Waals surface area contributed by atoms with Crippen LogP contribution in [0.5, 0.6) is 5.75 Å². The van der Waals surface area contributed by atoms with Crippen molar-refractivity contribution in [3.05, 3.63) is 84.3 Å². The zero-order valence-corrected chi connectivity index (χ0v) is 17.8. The topological polar surface area (TPSA) is 98.1 Å². The molecule has 0 aliphatic heterocycles. The fourth-order valence-electron chi connectivity index (χ4n) is 3.37. The number of hydrogen-bond donors (Lipinski definition) is 2. The van der Waals surface area contributed by atoms with Crippen molar-refractivity contribution in [1.29, 1.82) is 0 Å². The molecule has 2 aromatic heterocycles. The molecule has 8 heteroatoms. The van der Waals surface area contributed by atoms with E-state index < -0.39 is 17.9 Å². The van der Waals surface area contributed by atoms with Crippen molar-refractivity contribution in [2.24, 2.45) is 0 Å². The summed E-state index contributed by atoms with van der Waals surface area (Å²) < 4.78 is 7.35. The minimum atomic E-state index is -0.807. The molecular weight excluding hydrogens is 406 g/mol. The van der Waals surface area contributed by atoms with E-state index in [0.717, 1.165) is 10.8 Å². The van der Waals surface area contributed by atoms with Crippen molar-refractivity contribution in [3.8, 4) is 11.6 Å². The average molecular weight is 429 g/mol. The minimum Gasteiger partial charge on any atom is -0.481 e. The highest BCUT2D eigenvalue weighted by Gasteiger charge is 2.20. The molecule has 0 spiro atoms. The molecule has 1 unspecified atom stereocenters. The molecule has 0 radical (unpaired) electrons. The first-order valence-electron chi connectivity index (χ1n) is 10.3. The number of nitrogens with one attached hydrogen (secondary N) is 2. The van der Waals surface area contributed by atoms with E-state index in [1.807, 2.05) is 61.5 Å². The predicted octanol–water partition coefficient (Wildman–Crippen LogP) is 3.21. The van der Waals surface area contributed by atoms with Gasteiger partial charge in [0.25, 0.3) is 11.8 Å². The second-order valence-corrected chi connectivity index (χ2v) is 7.17. The Morgan fingerprint density at radius 2 is 1.81 bits per heavy atom. The lowest BCUT2D eigenvalue weighted by Crippen LogP contribution is -2.47. The van der Waals surface area contributed by atoms with Gasteiger partial charge in [0.15, 0.2) is 11.9 Å². The maximum Gasteiger partial charge on any atom is 0.279 e. The van der Waals surface area contributed by atoms with Crippen molar-refractivity contribution in [2.75, 3.05) is 0 Å². The number of pyridine rings is 1. The van der Waals surface area contributed by atoms with E-state index in [-0.39, 0.29) is 0 Å². The fraction of sp³-hybridized carbons (Fsp3) is 0.167. The van der Waals surface area contributed by atoms with E-state index in [4.69, 9.17) is 4.74 Å². The molecule has 0 saturated heterocycles. The van der Waals surface area contributed by atoms with Gasteiger partial charge in [-0.15, -0.1) is 0 Å². The lowest BCUT2D eigenvalue weighted by molar-refractivity contribution is -0.128. The van der Waals surface area contributed by atoms with Crippen LogP contribution >= 0.6 is 0 Å². The SMILES string of the molecule is CCc1c(C(=O)NNC(=O)C(C)Oc2ccc3ccccc3c2)cnn1-c1ccccn1. The minimum absolute atomic E-state index is 0.363. The van der Waals surface area contributed by atoms with Crippen LogP contribution < -0.4 is 15.6 Å². The molecule has 0 aliphatic carbocycles. The lowest BCUT2D eigenvalue weighted by Gasteiger charge is -2.15. The maximum absolute atomic E-state index is 12.7. The molecule has 0 bridgehead atoms. The predicted molar refractivity (Wildman–Crippen MR) is 120 cm³/mol. The van der Waals surface area contributed by atoms with Gasteiger partial charge in [0.05, 0.1) is 17.5 Å². The Morgan fingerprint density at radius 3 is 2.56 bits per heavy atom. The van der Waals surface area contributed by atoms with Gasteiger partial charge >= 0.3 is 0 Å². The van der Waals surface area contributed by atoms with Gasteiger partial charge in [0.1, 0.15) is 5.75 Å². The molecule has 2 N–H and O–H groups in total. The molecule has 4 aromatic rings. The highest BCUT2D eigenvalue weighted by atomic mass is 16.5. The Bertz CT molecular complexity index is 1250. The molecular formula is C24H23N5O3. The van der Waals surface area contributed by atoms with Crippen LogP contribution in [0.25, 0.3) is 16.6 Å². The number of aromatic nitrogens is 3. The fourth-order valence-corrected chi connectivity index (χ4v) is 3.37. The maximum atomic E-state index is 12.7. The number of carbonyl (C=O) groups is 2. The molecule has 32 heavy (non-hydrogen) atoms. The molecule has 2 heterocycles. The molecule has 1 atom stereocenters. The van der Waals surface area contributed by atoms with Gasteiger partial charge in [0.2, 0.25) is 0 Å². The number of amides is 2. The molecule has 2 aromatic carbocycles. The Labute approximate surface area is 185 Å². The number of rotatable bonds is 6. The van der Waals surface area contributed by atoms with Crippen LogP contribution in [0.4, 0.5) is 0 Å². The Balaban J connectivity index is 1.39.